The maximum Gasteiger partial charge on any atom is 0.315 e. The molecule has 2 atom stereocenters. The van der Waals surface area contributed by atoms with Crippen LogP contribution >= 0.6 is 0 Å². The molecule has 1 aliphatic heterocycles. The molecule has 2 rings (SSSR count). The summed E-state index contributed by atoms with van der Waals surface area (Å²) in [6, 6.07) is 0.483. The SMILES string of the molecule is CCNC(C)c1nnc(NCC2COCCO2)o1. The highest BCUT2D eigenvalue weighted by Gasteiger charge is 2.16. The molecule has 0 bridgehead atoms. The predicted molar refractivity (Wildman–Crippen MR) is 65.4 cm³/mol. The monoisotopic (exact) mass is 256 g/mol. The predicted octanol–water partition coefficient (Wildman–Crippen LogP) is 0.567. The molecule has 18 heavy (non-hydrogen) atoms. The van der Waals surface area contributed by atoms with E-state index in [2.05, 4.69) is 20.8 Å². The Morgan fingerprint density at radius 1 is 1.39 bits per heavy atom. The summed E-state index contributed by atoms with van der Waals surface area (Å²) >= 11 is 0. The van der Waals surface area contributed by atoms with Crippen molar-refractivity contribution in [2.45, 2.75) is 26.0 Å². The maximum atomic E-state index is 5.50. The van der Waals surface area contributed by atoms with E-state index in [9.17, 15) is 0 Å². The molecular weight excluding hydrogens is 236 g/mol. The lowest BCUT2D eigenvalue weighted by molar-refractivity contribution is -0.0820. The van der Waals surface area contributed by atoms with E-state index in [0.29, 0.717) is 38.3 Å². The summed E-state index contributed by atoms with van der Waals surface area (Å²) < 4.78 is 16.3. The van der Waals surface area contributed by atoms with E-state index >= 15 is 0 Å². The number of hydrogen-bond acceptors (Lipinski definition) is 7. The van der Waals surface area contributed by atoms with E-state index in [-0.39, 0.29) is 12.1 Å². The molecular formula is C11H20N4O3. The summed E-state index contributed by atoms with van der Waals surface area (Å²) in [6.07, 6.45) is 0.0419. The highest BCUT2D eigenvalue weighted by Crippen LogP contribution is 2.13. The van der Waals surface area contributed by atoms with Crippen molar-refractivity contribution in [2.75, 3.05) is 38.2 Å². The van der Waals surface area contributed by atoms with E-state index in [1.165, 1.54) is 0 Å². The molecule has 1 aromatic heterocycles. The molecule has 0 spiro atoms. The van der Waals surface area contributed by atoms with Crippen molar-refractivity contribution < 1.29 is 13.9 Å². The minimum absolute atomic E-state index is 0.0419. The molecule has 102 valence electrons. The number of anilines is 1. The van der Waals surface area contributed by atoms with Gasteiger partial charge in [-0.2, -0.15) is 0 Å². The Morgan fingerprint density at radius 3 is 3.00 bits per heavy atom. The summed E-state index contributed by atoms with van der Waals surface area (Å²) in [6.45, 7) is 7.39. The van der Waals surface area contributed by atoms with Crippen LogP contribution < -0.4 is 10.6 Å². The summed E-state index contributed by atoms with van der Waals surface area (Å²) in [5.41, 5.74) is 0. The van der Waals surface area contributed by atoms with Gasteiger partial charge < -0.3 is 24.5 Å². The van der Waals surface area contributed by atoms with E-state index < -0.39 is 0 Å². The molecule has 2 N–H and O–H groups in total. The van der Waals surface area contributed by atoms with Crippen LogP contribution in [0, 0.1) is 0 Å². The molecule has 0 aromatic carbocycles. The molecule has 1 aliphatic rings. The van der Waals surface area contributed by atoms with Gasteiger partial charge in [0.2, 0.25) is 5.89 Å². The molecule has 2 heterocycles. The first kappa shape index (κ1) is 13.3. The summed E-state index contributed by atoms with van der Waals surface area (Å²) in [5, 5.41) is 14.2. The van der Waals surface area contributed by atoms with Crippen LogP contribution in [0.1, 0.15) is 25.8 Å². The first-order chi connectivity index (χ1) is 8.79. The van der Waals surface area contributed by atoms with Gasteiger partial charge in [-0.1, -0.05) is 12.0 Å². The second-order valence-electron chi connectivity index (χ2n) is 4.17. The number of nitrogens with one attached hydrogen (secondary N) is 2. The van der Waals surface area contributed by atoms with E-state index in [1.54, 1.807) is 0 Å². The normalized spacial score (nSPS) is 21.8. The molecule has 0 saturated carbocycles. The highest BCUT2D eigenvalue weighted by molar-refractivity contribution is 5.17. The lowest BCUT2D eigenvalue weighted by atomic mass is 10.3. The number of hydrogen-bond donors (Lipinski definition) is 2. The molecule has 1 saturated heterocycles. The molecule has 2 unspecified atom stereocenters. The summed E-state index contributed by atoms with van der Waals surface area (Å²) in [4.78, 5) is 0. The van der Waals surface area contributed by atoms with Gasteiger partial charge in [-0.15, -0.1) is 5.10 Å². The van der Waals surface area contributed by atoms with Crippen molar-refractivity contribution in [3.8, 4) is 0 Å². The van der Waals surface area contributed by atoms with Crippen LogP contribution in [0.15, 0.2) is 4.42 Å². The van der Waals surface area contributed by atoms with Gasteiger partial charge in [0.05, 0.1) is 32.0 Å². The van der Waals surface area contributed by atoms with Crippen LogP contribution in [0.3, 0.4) is 0 Å². The number of nitrogens with zero attached hydrogens (tertiary/aromatic N) is 2. The quantitative estimate of drug-likeness (QED) is 0.770. The fourth-order valence-electron chi connectivity index (χ4n) is 1.73. The lowest BCUT2D eigenvalue weighted by Crippen LogP contribution is -2.34. The van der Waals surface area contributed by atoms with E-state index in [0.717, 1.165) is 6.54 Å². The highest BCUT2D eigenvalue weighted by atomic mass is 16.6. The van der Waals surface area contributed by atoms with Gasteiger partial charge in [0.25, 0.3) is 0 Å². The van der Waals surface area contributed by atoms with Gasteiger partial charge in [0, 0.05) is 6.54 Å². The van der Waals surface area contributed by atoms with Crippen molar-refractivity contribution in [3.05, 3.63) is 5.89 Å². The van der Waals surface area contributed by atoms with Gasteiger partial charge in [-0.05, 0) is 13.5 Å². The van der Waals surface area contributed by atoms with Crippen LogP contribution in [-0.2, 0) is 9.47 Å². The molecule has 7 heteroatoms. The van der Waals surface area contributed by atoms with Gasteiger partial charge in [-0.25, -0.2) is 0 Å². The largest absolute Gasteiger partial charge is 0.406 e. The first-order valence-electron chi connectivity index (χ1n) is 6.29. The van der Waals surface area contributed by atoms with E-state index in [1.807, 2.05) is 13.8 Å². The molecule has 1 aromatic rings. The Balaban J connectivity index is 1.79. The molecule has 0 aliphatic carbocycles. The summed E-state index contributed by atoms with van der Waals surface area (Å²) in [7, 11) is 0. The average molecular weight is 256 g/mol. The van der Waals surface area contributed by atoms with Crippen LogP contribution in [0.5, 0.6) is 0 Å². The molecule has 0 radical (unpaired) electrons. The Kier molecular flexibility index (Phi) is 4.91. The third-order valence-electron chi connectivity index (χ3n) is 2.69. The standard InChI is InChI=1S/C11H20N4O3/c1-3-12-8(2)10-14-15-11(18-10)13-6-9-7-16-4-5-17-9/h8-9,12H,3-7H2,1-2H3,(H,13,15). The minimum atomic E-state index is 0.0419. The van der Waals surface area contributed by atoms with Crippen molar-refractivity contribution in [2.24, 2.45) is 0 Å². The minimum Gasteiger partial charge on any atom is -0.406 e. The Bertz CT molecular complexity index is 352. The smallest absolute Gasteiger partial charge is 0.315 e. The number of aromatic nitrogens is 2. The van der Waals surface area contributed by atoms with Gasteiger partial charge in [0.1, 0.15) is 0 Å². The van der Waals surface area contributed by atoms with E-state index in [4.69, 9.17) is 13.9 Å². The van der Waals surface area contributed by atoms with Crippen molar-refractivity contribution in [1.29, 1.82) is 0 Å². The van der Waals surface area contributed by atoms with Crippen molar-refractivity contribution >= 4 is 6.01 Å². The van der Waals surface area contributed by atoms with Gasteiger partial charge in [0.15, 0.2) is 0 Å². The lowest BCUT2D eigenvalue weighted by Gasteiger charge is -2.22. The van der Waals surface area contributed by atoms with Gasteiger partial charge >= 0.3 is 6.01 Å². The van der Waals surface area contributed by atoms with Crippen molar-refractivity contribution in [1.82, 2.24) is 15.5 Å². The Morgan fingerprint density at radius 2 is 2.28 bits per heavy atom. The van der Waals surface area contributed by atoms with Crippen LogP contribution in [0.4, 0.5) is 6.01 Å². The number of rotatable bonds is 6. The van der Waals surface area contributed by atoms with Crippen LogP contribution in [0.25, 0.3) is 0 Å². The summed E-state index contributed by atoms with van der Waals surface area (Å²) in [5.74, 6) is 0.583. The fourth-order valence-corrected chi connectivity index (χ4v) is 1.73. The van der Waals surface area contributed by atoms with Crippen LogP contribution in [-0.4, -0.2) is 49.2 Å². The zero-order valence-electron chi connectivity index (χ0n) is 10.8. The maximum absolute atomic E-state index is 5.50. The Labute approximate surface area is 106 Å². The molecule has 0 amide bonds. The number of ether oxygens (including phenoxy) is 2. The molecule has 7 nitrogen and oxygen atoms in total. The Hall–Kier alpha value is -1.18. The topological polar surface area (TPSA) is 81.4 Å². The zero-order chi connectivity index (χ0) is 12.8. The third kappa shape index (κ3) is 3.66. The first-order valence-corrected chi connectivity index (χ1v) is 6.29. The second-order valence-corrected chi connectivity index (χ2v) is 4.17. The average Bonchev–Trinajstić information content (AvgIpc) is 2.87. The second kappa shape index (κ2) is 6.67. The van der Waals surface area contributed by atoms with Crippen LogP contribution in [0.2, 0.25) is 0 Å². The van der Waals surface area contributed by atoms with Gasteiger partial charge in [-0.3, -0.25) is 0 Å². The third-order valence-corrected chi connectivity index (χ3v) is 2.69. The molecule has 1 fully saturated rings. The fraction of sp³-hybridized carbons (Fsp3) is 0.818. The van der Waals surface area contributed by atoms with Crippen molar-refractivity contribution in [3.63, 3.8) is 0 Å². The zero-order valence-corrected chi connectivity index (χ0v) is 10.8.